The smallest absolute Gasteiger partial charge is 0.416 e. The molecule has 0 N–H and O–H groups in total. The lowest BCUT2D eigenvalue weighted by atomic mass is 10.1. The first-order valence-corrected chi connectivity index (χ1v) is 14.6. The van der Waals surface area contributed by atoms with Crippen molar-refractivity contribution < 1.29 is 32.3 Å². The lowest BCUT2D eigenvalue weighted by Gasteiger charge is -2.41. The fourth-order valence-corrected chi connectivity index (χ4v) is 5.59. The van der Waals surface area contributed by atoms with Crippen LogP contribution in [-0.4, -0.2) is 57.8 Å². The molecule has 2 atom stereocenters. The number of hydrogen-bond donors (Lipinski definition) is 0. The van der Waals surface area contributed by atoms with E-state index in [1.807, 2.05) is 36.4 Å². The highest BCUT2D eigenvalue weighted by Gasteiger charge is 2.30. The number of aromatic nitrogens is 2. The first kappa shape index (κ1) is 30.3. The fraction of sp³-hybridized carbons (Fsp3) is 0.344. The number of rotatable bonds is 9. The highest BCUT2D eigenvalue weighted by molar-refractivity contribution is 5.50. The van der Waals surface area contributed by atoms with Gasteiger partial charge in [0.25, 0.3) is 0 Å². The van der Waals surface area contributed by atoms with Gasteiger partial charge in [-0.25, -0.2) is 0 Å². The van der Waals surface area contributed by atoms with Crippen molar-refractivity contribution >= 4 is 11.5 Å². The first-order chi connectivity index (χ1) is 21.6. The van der Waals surface area contributed by atoms with E-state index in [1.54, 1.807) is 4.57 Å². The number of fused-ring (bicyclic) bond motifs is 1. The van der Waals surface area contributed by atoms with E-state index in [0.717, 1.165) is 55.3 Å². The minimum atomic E-state index is -4.38. The SMILES string of the molecule is C[C@H]1CN(Cc2ccc(Oc3ccc(C(F)(F)F)cc3)cc2)CCN1c1ccc(OC[C@H]2CCn3cc([N+](=O)[O-])nc3O2)cc1. The Labute approximate surface area is 257 Å². The van der Waals surface area contributed by atoms with E-state index in [-0.39, 0.29) is 24.0 Å². The molecular weight excluding hydrogens is 591 g/mol. The second-order valence-electron chi connectivity index (χ2n) is 11.2. The van der Waals surface area contributed by atoms with E-state index in [0.29, 0.717) is 31.1 Å². The van der Waals surface area contributed by atoms with Crippen LogP contribution in [0.25, 0.3) is 0 Å². The van der Waals surface area contributed by atoms with Gasteiger partial charge in [0.15, 0.2) is 0 Å². The van der Waals surface area contributed by atoms with E-state index >= 15 is 0 Å². The molecule has 0 amide bonds. The van der Waals surface area contributed by atoms with Crippen LogP contribution in [0.3, 0.4) is 0 Å². The lowest BCUT2D eigenvalue weighted by Crippen LogP contribution is -2.51. The van der Waals surface area contributed by atoms with Crippen LogP contribution in [0.2, 0.25) is 0 Å². The summed E-state index contributed by atoms with van der Waals surface area (Å²) in [5.41, 5.74) is 1.53. The van der Waals surface area contributed by atoms with E-state index in [1.165, 1.54) is 18.3 Å². The molecule has 2 aliphatic heterocycles. The van der Waals surface area contributed by atoms with Gasteiger partial charge in [-0.15, -0.1) is 0 Å². The summed E-state index contributed by atoms with van der Waals surface area (Å²) in [4.78, 5) is 19.1. The summed E-state index contributed by atoms with van der Waals surface area (Å²) < 4.78 is 57.5. The van der Waals surface area contributed by atoms with Crippen LogP contribution >= 0.6 is 0 Å². The molecule has 1 saturated heterocycles. The number of ether oxygens (including phenoxy) is 3. The Morgan fingerprint density at radius 1 is 0.956 bits per heavy atom. The molecular formula is C32H32F3N5O5. The molecule has 0 saturated carbocycles. The number of piperazine rings is 1. The van der Waals surface area contributed by atoms with Gasteiger partial charge in [0, 0.05) is 55.9 Å². The molecule has 1 fully saturated rings. The molecule has 0 aliphatic carbocycles. The average molecular weight is 624 g/mol. The molecule has 0 bridgehead atoms. The Balaban J connectivity index is 0.958. The minimum absolute atomic E-state index is 0.224. The topological polar surface area (TPSA) is 95.1 Å². The van der Waals surface area contributed by atoms with Crippen LogP contribution in [0.1, 0.15) is 24.5 Å². The normalized spacial score (nSPS) is 18.6. The van der Waals surface area contributed by atoms with Crippen LogP contribution in [0.15, 0.2) is 79.0 Å². The number of benzene rings is 3. The van der Waals surface area contributed by atoms with E-state index in [2.05, 4.69) is 33.8 Å². The number of hydrogen-bond acceptors (Lipinski definition) is 8. The Morgan fingerprint density at radius 3 is 2.27 bits per heavy atom. The van der Waals surface area contributed by atoms with Crippen molar-refractivity contribution in [1.29, 1.82) is 0 Å². The van der Waals surface area contributed by atoms with E-state index < -0.39 is 16.7 Å². The van der Waals surface area contributed by atoms with Crippen molar-refractivity contribution in [3.63, 3.8) is 0 Å². The molecule has 6 rings (SSSR count). The number of imidazole rings is 1. The second kappa shape index (κ2) is 12.7. The Kier molecular flexibility index (Phi) is 8.52. The molecule has 10 nitrogen and oxygen atoms in total. The molecule has 236 valence electrons. The Hall–Kier alpha value is -4.78. The highest BCUT2D eigenvalue weighted by atomic mass is 19.4. The van der Waals surface area contributed by atoms with Crippen molar-refractivity contribution in [2.24, 2.45) is 0 Å². The van der Waals surface area contributed by atoms with Gasteiger partial charge in [0.1, 0.15) is 36.2 Å². The molecule has 4 aromatic rings. The number of aryl methyl sites for hydroxylation is 1. The second-order valence-corrected chi connectivity index (χ2v) is 11.2. The van der Waals surface area contributed by atoms with Gasteiger partial charge in [0.2, 0.25) is 0 Å². The third-order valence-electron chi connectivity index (χ3n) is 7.94. The summed E-state index contributed by atoms with van der Waals surface area (Å²) in [6, 6.07) is 20.8. The van der Waals surface area contributed by atoms with Gasteiger partial charge in [-0.3, -0.25) is 9.47 Å². The molecule has 1 aromatic heterocycles. The van der Waals surface area contributed by atoms with Crippen molar-refractivity contribution in [3.8, 4) is 23.3 Å². The zero-order valence-corrected chi connectivity index (χ0v) is 24.5. The van der Waals surface area contributed by atoms with Gasteiger partial charge in [-0.05, 0) is 78.1 Å². The van der Waals surface area contributed by atoms with E-state index in [4.69, 9.17) is 14.2 Å². The molecule has 3 heterocycles. The standard InChI is InChI=1S/C32H32F3N5O5/c1-22-18-37(19-23-2-8-27(9-3-23)44-28-10-4-24(5-11-28)32(33,34)35)16-17-39(22)25-6-12-26(13-7-25)43-21-29-14-15-38-20-30(40(41)42)36-31(38)45-29/h2-13,20,22,29H,14-19,21H2,1H3/t22-,29+/m0/s1. The maximum atomic E-state index is 12.8. The van der Waals surface area contributed by atoms with Crippen LogP contribution in [0, 0.1) is 10.1 Å². The molecule has 2 aliphatic rings. The maximum absolute atomic E-state index is 12.8. The predicted molar refractivity (Wildman–Crippen MR) is 160 cm³/mol. The van der Waals surface area contributed by atoms with Crippen molar-refractivity contribution in [3.05, 3.63) is 100 Å². The number of anilines is 1. The zero-order chi connectivity index (χ0) is 31.6. The molecule has 0 radical (unpaired) electrons. The van der Waals surface area contributed by atoms with Crippen molar-refractivity contribution in [2.45, 2.75) is 44.8 Å². The van der Waals surface area contributed by atoms with Crippen molar-refractivity contribution in [1.82, 2.24) is 14.5 Å². The molecule has 45 heavy (non-hydrogen) atoms. The number of halogens is 3. The summed E-state index contributed by atoms with van der Waals surface area (Å²) in [6.45, 7) is 6.52. The highest BCUT2D eigenvalue weighted by Crippen LogP contribution is 2.32. The zero-order valence-electron chi connectivity index (χ0n) is 24.5. The number of alkyl halides is 3. The fourth-order valence-electron chi connectivity index (χ4n) is 5.59. The molecule has 0 unspecified atom stereocenters. The minimum Gasteiger partial charge on any atom is -0.490 e. The monoisotopic (exact) mass is 623 g/mol. The number of nitrogens with zero attached hydrogens (tertiary/aromatic N) is 5. The van der Waals surface area contributed by atoms with Crippen LogP contribution in [0.4, 0.5) is 24.7 Å². The predicted octanol–water partition coefficient (Wildman–Crippen LogP) is 6.54. The Bertz CT molecular complexity index is 1610. The van der Waals surface area contributed by atoms with Gasteiger partial charge in [0.05, 0.1) is 5.56 Å². The summed E-state index contributed by atoms with van der Waals surface area (Å²) in [6.07, 6.45) is -2.56. The van der Waals surface area contributed by atoms with Gasteiger partial charge >= 0.3 is 18.0 Å². The third kappa shape index (κ3) is 7.31. The van der Waals surface area contributed by atoms with Gasteiger partial charge < -0.3 is 29.2 Å². The third-order valence-corrected chi connectivity index (χ3v) is 7.94. The summed E-state index contributed by atoms with van der Waals surface area (Å²) in [5, 5.41) is 11.0. The molecule has 3 aromatic carbocycles. The largest absolute Gasteiger partial charge is 0.490 e. The first-order valence-electron chi connectivity index (χ1n) is 14.6. The maximum Gasteiger partial charge on any atom is 0.416 e. The van der Waals surface area contributed by atoms with E-state index in [9.17, 15) is 23.3 Å². The quantitative estimate of drug-likeness (QED) is 0.153. The summed E-state index contributed by atoms with van der Waals surface area (Å²) in [7, 11) is 0. The van der Waals surface area contributed by atoms with Crippen LogP contribution < -0.4 is 19.1 Å². The van der Waals surface area contributed by atoms with Gasteiger partial charge in [-0.2, -0.15) is 13.2 Å². The van der Waals surface area contributed by atoms with Crippen LogP contribution in [-0.2, 0) is 19.3 Å². The summed E-state index contributed by atoms with van der Waals surface area (Å²) in [5.74, 6) is 1.41. The lowest BCUT2D eigenvalue weighted by molar-refractivity contribution is -0.389. The molecule has 13 heteroatoms. The van der Waals surface area contributed by atoms with Gasteiger partial charge in [-0.1, -0.05) is 12.1 Å². The molecule has 0 spiro atoms. The average Bonchev–Trinajstić information content (AvgIpc) is 3.46. The summed E-state index contributed by atoms with van der Waals surface area (Å²) >= 11 is 0. The van der Waals surface area contributed by atoms with Crippen molar-refractivity contribution in [2.75, 3.05) is 31.1 Å². The van der Waals surface area contributed by atoms with Crippen LogP contribution in [0.5, 0.6) is 23.3 Å². The number of nitro groups is 1. The Morgan fingerprint density at radius 2 is 1.62 bits per heavy atom.